The second-order valence-electron chi connectivity index (χ2n) is 14.2. The SMILES string of the molecule is CCC(=O)c1nc(CC(=O)CCNC(=O)c2cc(CC(C)=O)cn2C)cn1C.CCC(=O)c1nc(CC(=O)CCNC(=O)c2cc(NCCC(C)=O)cn2C)cn1C.[V]. The topological polar surface area (TPSA) is 218 Å². The molecule has 0 saturated heterocycles. The Bertz CT molecular complexity index is 2160. The number of nitrogens with zero attached hydrogens (tertiary/aromatic N) is 6. The molecule has 0 fully saturated rings. The standard InChI is InChI=1S/C21H29N5O4.C20H26N4O4.V/c1-5-19(29)20-24-16(13-26(20)4)10-17(28)7-9-23-21(30)18-11-15(12-25(18)3)22-8-6-14(2)27;1-5-18(27)19-22-15(12-24(19)4)10-16(26)6-7-21-20(28)17-9-14(8-13(2)25)11-23(17)3;/h11-13,22H,5-10H2,1-4H3,(H,23,30);9,11-12H,5-8,10H2,1-4H3,(H,21,28);. The Balaban J connectivity index is 0.000000401. The Morgan fingerprint density at radius 3 is 1.46 bits per heavy atom. The molecule has 0 aliphatic rings. The zero-order valence-electron chi connectivity index (χ0n) is 35.1. The number of rotatable bonds is 22. The Labute approximate surface area is 356 Å². The number of hydrogen-bond acceptors (Lipinski definition) is 11. The molecule has 0 aliphatic heterocycles. The number of nitrogens with one attached hydrogen (secondary N) is 3. The van der Waals surface area contributed by atoms with Gasteiger partial charge in [0, 0.05) is 130 Å². The van der Waals surface area contributed by atoms with Crippen LogP contribution in [0.4, 0.5) is 5.69 Å². The molecule has 0 spiro atoms. The molecule has 4 aromatic heterocycles. The zero-order valence-corrected chi connectivity index (χ0v) is 36.5. The molecule has 3 N–H and O–H groups in total. The number of amides is 2. The Morgan fingerprint density at radius 2 is 1.02 bits per heavy atom. The molecule has 317 valence electrons. The first-order valence-corrected chi connectivity index (χ1v) is 19.2. The third-order valence-corrected chi connectivity index (χ3v) is 8.92. The van der Waals surface area contributed by atoms with E-state index < -0.39 is 0 Å². The van der Waals surface area contributed by atoms with E-state index in [4.69, 9.17) is 0 Å². The van der Waals surface area contributed by atoms with Crippen molar-refractivity contribution in [3.05, 3.63) is 76.9 Å². The number of aromatic nitrogens is 6. The summed E-state index contributed by atoms with van der Waals surface area (Å²) in [4.78, 5) is 103. The maximum atomic E-state index is 12.4. The van der Waals surface area contributed by atoms with E-state index in [9.17, 15) is 38.4 Å². The van der Waals surface area contributed by atoms with Crippen LogP contribution in [0.3, 0.4) is 0 Å². The summed E-state index contributed by atoms with van der Waals surface area (Å²) in [7, 11) is 6.95. The van der Waals surface area contributed by atoms with Gasteiger partial charge in [0.25, 0.3) is 11.8 Å². The fourth-order valence-electron chi connectivity index (χ4n) is 5.97. The smallest absolute Gasteiger partial charge is 0.267 e. The van der Waals surface area contributed by atoms with E-state index in [1.807, 2.05) is 0 Å². The number of carbonyl (C=O) groups is 8. The van der Waals surface area contributed by atoms with E-state index in [0.717, 1.165) is 11.3 Å². The summed E-state index contributed by atoms with van der Waals surface area (Å²) in [5, 5.41) is 8.57. The van der Waals surface area contributed by atoms with E-state index in [1.54, 1.807) is 97.2 Å². The summed E-state index contributed by atoms with van der Waals surface area (Å²) in [5.74, 6) is -0.0192. The van der Waals surface area contributed by atoms with Gasteiger partial charge in [-0.3, -0.25) is 38.4 Å². The van der Waals surface area contributed by atoms with Gasteiger partial charge in [-0.15, -0.1) is 0 Å². The third kappa shape index (κ3) is 15.5. The fraction of sp³-hybridized carbons (Fsp3) is 0.463. The number of Topliss-reactive ketones (excluding diaryl/α,β-unsaturated/α-hetero) is 6. The van der Waals surface area contributed by atoms with E-state index >= 15 is 0 Å². The van der Waals surface area contributed by atoms with Gasteiger partial charge in [-0.25, -0.2) is 9.97 Å². The molecular weight excluding hydrogens is 797 g/mol. The van der Waals surface area contributed by atoms with Crippen LogP contribution in [0, 0.1) is 0 Å². The predicted octanol–water partition coefficient (Wildman–Crippen LogP) is 3.09. The second-order valence-corrected chi connectivity index (χ2v) is 14.2. The van der Waals surface area contributed by atoms with Crippen LogP contribution in [0.1, 0.15) is 119 Å². The van der Waals surface area contributed by atoms with Gasteiger partial charge in [0.2, 0.25) is 0 Å². The zero-order chi connectivity index (χ0) is 43.1. The number of ketones is 6. The minimum Gasteiger partial charge on any atom is -0.383 e. The number of aryl methyl sites for hydroxylation is 4. The second kappa shape index (κ2) is 23.7. The molecule has 18 heteroatoms. The molecule has 17 nitrogen and oxygen atoms in total. The predicted molar refractivity (Wildman–Crippen MR) is 216 cm³/mol. The van der Waals surface area contributed by atoms with Crippen LogP contribution in [-0.4, -0.2) is 94.4 Å². The summed E-state index contributed by atoms with van der Waals surface area (Å²) in [6, 6.07) is 3.39. The number of anilines is 1. The van der Waals surface area contributed by atoms with Gasteiger partial charge in [-0.2, -0.15) is 0 Å². The summed E-state index contributed by atoms with van der Waals surface area (Å²) >= 11 is 0. The first-order chi connectivity index (χ1) is 27.4. The van der Waals surface area contributed by atoms with Gasteiger partial charge in [-0.1, -0.05) is 13.8 Å². The number of carbonyl (C=O) groups excluding carboxylic acids is 8. The molecule has 0 saturated carbocycles. The molecule has 1 radical (unpaired) electrons. The number of imidazole rings is 2. The largest absolute Gasteiger partial charge is 0.383 e. The first kappa shape index (κ1) is 49.5. The van der Waals surface area contributed by atoms with Crippen LogP contribution < -0.4 is 16.0 Å². The van der Waals surface area contributed by atoms with Crippen LogP contribution in [0.25, 0.3) is 0 Å². The Kier molecular flexibility index (Phi) is 19.8. The molecule has 4 rings (SSSR count). The fourth-order valence-corrected chi connectivity index (χ4v) is 5.97. The molecule has 59 heavy (non-hydrogen) atoms. The van der Waals surface area contributed by atoms with Crippen LogP contribution in [-0.2, 0) is 85.2 Å². The molecule has 0 aliphatic carbocycles. The normalized spacial score (nSPS) is 10.5. The van der Waals surface area contributed by atoms with Crippen molar-refractivity contribution in [3.8, 4) is 0 Å². The summed E-state index contributed by atoms with van der Waals surface area (Å²) in [5.41, 5.74) is 3.54. The van der Waals surface area contributed by atoms with Crippen LogP contribution in [0.2, 0.25) is 0 Å². The summed E-state index contributed by atoms with van der Waals surface area (Å²) in [6.07, 6.45) is 8.89. The summed E-state index contributed by atoms with van der Waals surface area (Å²) in [6.45, 7) is 7.49. The Hall–Kier alpha value is -5.68. The first-order valence-electron chi connectivity index (χ1n) is 19.2. The van der Waals surface area contributed by atoms with Gasteiger partial charge in [-0.05, 0) is 31.5 Å². The van der Waals surface area contributed by atoms with Gasteiger partial charge >= 0.3 is 0 Å². The van der Waals surface area contributed by atoms with Crippen molar-refractivity contribution in [1.82, 2.24) is 38.9 Å². The number of hydrogen-bond donors (Lipinski definition) is 3. The molecule has 0 atom stereocenters. The molecule has 4 heterocycles. The van der Waals surface area contributed by atoms with E-state index in [1.165, 1.54) is 13.8 Å². The molecule has 2 amide bonds. The van der Waals surface area contributed by atoms with Crippen molar-refractivity contribution < 1.29 is 56.9 Å². The van der Waals surface area contributed by atoms with Gasteiger partial charge < -0.3 is 34.2 Å². The Morgan fingerprint density at radius 1 is 0.559 bits per heavy atom. The van der Waals surface area contributed by atoms with Gasteiger partial charge in [0.1, 0.15) is 34.5 Å². The minimum absolute atomic E-state index is 0. The van der Waals surface area contributed by atoms with E-state index in [-0.39, 0.29) is 110 Å². The minimum atomic E-state index is -0.293. The molecule has 0 unspecified atom stereocenters. The quantitative estimate of drug-likeness (QED) is 0.0977. The third-order valence-electron chi connectivity index (χ3n) is 8.92. The molecule has 0 aromatic carbocycles. The molecule has 0 bridgehead atoms. The van der Waals surface area contributed by atoms with Crippen LogP contribution >= 0.6 is 0 Å². The maximum Gasteiger partial charge on any atom is 0.267 e. The maximum absolute atomic E-state index is 12.4. The van der Waals surface area contributed by atoms with Gasteiger partial charge in [0.15, 0.2) is 23.2 Å². The molecular formula is C41H55N9O8V. The van der Waals surface area contributed by atoms with Crippen molar-refractivity contribution >= 4 is 52.2 Å². The van der Waals surface area contributed by atoms with Crippen molar-refractivity contribution in [1.29, 1.82) is 0 Å². The van der Waals surface area contributed by atoms with E-state index in [0.29, 0.717) is 60.2 Å². The molecule has 4 aromatic rings. The average Bonchev–Trinajstić information content (AvgIpc) is 3.92. The van der Waals surface area contributed by atoms with Crippen molar-refractivity contribution in [2.75, 3.05) is 25.0 Å². The van der Waals surface area contributed by atoms with E-state index in [2.05, 4.69) is 25.9 Å². The van der Waals surface area contributed by atoms with Crippen LogP contribution in [0.5, 0.6) is 0 Å². The average molecular weight is 853 g/mol. The van der Waals surface area contributed by atoms with Crippen molar-refractivity contribution in [2.45, 2.75) is 79.1 Å². The van der Waals surface area contributed by atoms with Crippen LogP contribution in [0.15, 0.2) is 36.9 Å². The van der Waals surface area contributed by atoms with Crippen molar-refractivity contribution in [2.24, 2.45) is 28.2 Å². The monoisotopic (exact) mass is 852 g/mol. The summed E-state index contributed by atoms with van der Waals surface area (Å²) < 4.78 is 6.61. The van der Waals surface area contributed by atoms with Crippen molar-refractivity contribution in [3.63, 3.8) is 0 Å². The van der Waals surface area contributed by atoms with Gasteiger partial charge in [0.05, 0.1) is 29.9 Å².